The summed E-state index contributed by atoms with van der Waals surface area (Å²) < 4.78 is 0. The van der Waals surface area contributed by atoms with Gasteiger partial charge in [0, 0.05) is 16.6 Å². The van der Waals surface area contributed by atoms with Crippen molar-refractivity contribution >= 4 is 40.7 Å². The lowest BCUT2D eigenvalue weighted by molar-refractivity contribution is -0.146. The van der Waals surface area contributed by atoms with Gasteiger partial charge < -0.3 is 0 Å². The Morgan fingerprint density at radius 1 is 1.12 bits per heavy atom. The number of hydroxylamine groups is 1. The molecule has 1 atom stereocenters. The summed E-state index contributed by atoms with van der Waals surface area (Å²) in [6.07, 6.45) is 4.08. The predicted molar refractivity (Wildman–Crippen MR) is 90.1 cm³/mol. The van der Waals surface area contributed by atoms with Gasteiger partial charge in [-0.1, -0.05) is 42.5 Å². The summed E-state index contributed by atoms with van der Waals surface area (Å²) >= 11 is 12.2. The van der Waals surface area contributed by atoms with E-state index in [-0.39, 0.29) is 17.9 Å². The molecule has 1 saturated heterocycles. The van der Waals surface area contributed by atoms with Crippen LogP contribution in [0.1, 0.15) is 37.7 Å². The largest absolute Gasteiger partial charge is 0.273 e. The van der Waals surface area contributed by atoms with Crippen LogP contribution in [0.4, 0.5) is 0 Å². The third-order valence-corrected chi connectivity index (χ3v) is 5.41. The molecule has 24 heavy (non-hydrogen) atoms. The maximum Gasteiger partial charge on any atom is 0.266 e. The molecular weight excluding hydrogens is 351 g/mol. The van der Waals surface area contributed by atoms with Crippen molar-refractivity contribution in [2.24, 2.45) is 0 Å². The second kappa shape index (κ2) is 6.06. The molecular formula is C17H16Cl2N2O3. The zero-order chi connectivity index (χ0) is 16.8. The van der Waals surface area contributed by atoms with Gasteiger partial charge >= 0.3 is 0 Å². The van der Waals surface area contributed by atoms with E-state index >= 15 is 0 Å². The first kappa shape index (κ1) is 15.9. The first-order valence-electron chi connectivity index (χ1n) is 8.06. The van der Waals surface area contributed by atoms with Crippen molar-refractivity contribution < 1.29 is 14.4 Å². The van der Waals surface area contributed by atoms with E-state index in [2.05, 4.69) is 5.48 Å². The average molecular weight is 367 g/mol. The highest BCUT2D eigenvalue weighted by atomic mass is 35.5. The molecule has 5 nitrogen and oxygen atoms in total. The van der Waals surface area contributed by atoms with Crippen molar-refractivity contribution in [3.05, 3.63) is 39.4 Å². The van der Waals surface area contributed by atoms with Crippen molar-refractivity contribution in [1.82, 2.24) is 10.4 Å². The second-order valence-corrected chi connectivity index (χ2v) is 7.16. The number of nitrogens with zero attached hydrogens (tertiary/aromatic N) is 1. The van der Waals surface area contributed by atoms with Gasteiger partial charge in [0.15, 0.2) is 6.10 Å². The third kappa shape index (κ3) is 2.42. The highest BCUT2D eigenvalue weighted by molar-refractivity contribution is 6.36. The molecule has 2 fully saturated rings. The summed E-state index contributed by atoms with van der Waals surface area (Å²) in [5.41, 5.74) is 4.10. The Morgan fingerprint density at radius 3 is 2.58 bits per heavy atom. The molecule has 2 amide bonds. The van der Waals surface area contributed by atoms with E-state index in [4.69, 9.17) is 28.0 Å². The Bertz CT molecular complexity index is 756. The van der Waals surface area contributed by atoms with Crippen molar-refractivity contribution in [2.75, 3.05) is 0 Å². The zero-order valence-electron chi connectivity index (χ0n) is 12.9. The van der Waals surface area contributed by atoms with Crippen molar-refractivity contribution in [3.63, 3.8) is 0 Å². The summed E-state index contributed by atoms with van der Waals surface area (Å²) in [5, 5.41) is 0.903. The molecule has 0 spiro atoms. The Hall–Kier alpha value is -1.56. The monoisotopic (exact) mass is 366 g/mol. The normalized spacial score (nSPS) is 24.6. The van der Waals surface area contributed by atoms with Gasteiger partial charge in [0.2, 0.25) is 0 Å². The number of likely N-dealkylation sites (tertiary alicyclic amines) is 1. The van der Waals surface area contributed by atoms with E-state index in [1.54, 1.807) is 18.2 Å². The maximum atomic E-state index is 12.9. The van der Waals surface area contributed by atoms with E-state index in [0.717, 1.165) is 32.1 Å². The van der Waals surface area contributed by atoms with Crippen LogP contribution in [0.15, 0.2) is 23.8 Å². The number of nitrogens with one attached hydrogen (secondary N) is 1. The Kier molecular flexibility index (Phi) is 4.03. The Labute approximate surface area is 149 Å². The number of carbonyl (C=O) groups excluding carboxylic acids is 2. The predicted octanol–water partition coefficient (Wildman–Crippen LogP) is 3.31. The van der Waals surface area contributed by atoms with Gasteiger partial charge in [-0.2, -0.15) is 0 Å². The number of imide groups is 1. The number of halogens is 2. The summed E-state index contributed by atoms with van der Waals surface area (Å²) in [6, 6.07) is 4.97. The van der Waals surface area contributed by atoms with Crippen LogP contribution in [0.2, 0.25) is 10.0 Å². The van der Waals surface area contributed by atoms with Crippen molar-refractivity contribution in [1.29, 1.82) is 0 Å². The summed E-state index contributed by atoms with van der Waals surface area (Å²) in [7, 11) is 0. The zero-order valence-corrected chi connectivity index (χ0v) is 14.4. The number of fused-ring (bicyclic) bond motifs is 1. The molecule has 1 N–H and O–H groups in total. The lowest BCUT2D eigenvalue weighted by Crippen LogP contribution is -2.43. The van der Waals surface area contributed by atoms with Crippen LogP contribution in [0.25, 0.3) is 5.70 Å². The minimum absolute atomic E-state index is 0.0256. The van der Waals surface area contributed by atoms with Crippen LogP contribution in [0.3, 0.4) is 0 Å². The van der Waals surface area contributed by atoms with Gasteiger partial charge in [-0.05, 0) is 31.0 Å². The van der Waals surface area contributed by atoms with E-state index < -0.39 is 6.10 Å². The molecule has 0 aromatic heterocycles. The minimum atomic E-state index is -0.888. The molecule has 1 saturated carbocycles. The Balaban J connectivity index is 1.74. The van der Waals surface area contributed by atoms with E-state index in [9.17, 15) is 9.59 Å². The van der Waals surface area contributed by atoms with E-state index in [1.807, 2.05) is 0 Å². The summed E-state index contributed by atoms with van der Waals surface area (Å²) in [6.45, 7) is 0. The third-order valence-electron chi connectivity index (χ3n) is 4.86. The van der Waals surface area contributed by atoms with Gasteiger partial charge in [0.05, 0.1) is 16.3 Å². The van der Waals surface area contributed by atoms with Gasteiger partial charge in [0.1, 0.15) is 0 Å². The fraction of sp³-hybridized carbons (Fsp3) is 0.412. The number of rotatable bonds is 2. The summed E-state index contributed by atoms with van der Waals surface area (Å²) in [5.74, 6) is -0.558. The standard InChI is InChI=1S/C17H16Cl2N2O3/c18-9-6-7-11(12(19)8-9)14-13-15(24-20-14)17(23)21(16(13)22)10-4-2-1-3-5-10/h6-8,10,15,20H,1-5H2/t15-/m0/s1. The molecule has 0 radical (unpaired) electrons. The SMILES string of the molecule is O=C1C2=C(c3ccc(Cl)cc3Cl)NO[C@@H]2C(=O)N1C1CCCCC1. The van der Waals surface area contributed by atoms with Crippen molar-refractivity contribution in [3.8, 4) is 0 Å². The number of hydrogen-bond donors (Lipinski definition) is 1. The van der Waals surface area contributed by atoms with Crippen LogP contribution in [-0.4, -0.2) is 28.9 Å². The summed E-state index contributed by atoms with van der Waals surface area (Å²) in [4.78, 5) is 32.4. The fourth-order valence-electron chi connectivity index (χ4n) is 3.69. The molecule has 1 aromatic carbocycles. The first-order chi connectivity index (χ1) is 11.6. The van der Waals surface area contributed by atoms with Gasteiger partial charge in [0.25, 0.3) is 11.8 Å². The van der Waals surface area contributed by atoms with E-state index in [0.29, 0.717) is 26.9 Å². The molecule has 1 aliphatic carbocycles. The smallest absolute Gasteiger partial charge is 0.266 e. The molecule has 4 rings (SSSR count). The number of amides is 2. The van der Waals surface area contributed by atoms with Gasteiger partial charge in [-0.25, -0.2) is 0 Å². The Morgan fingerprint density at radius 2 is 1.88 bits per heavy atom. The lowest BCUT2D eigenvalue weighted by atomic mass is 9.94. The highest BCUT2D eigenvalue weighted by Gasteiger charge is 2.52. The molecule has 7 heteroatoms. The van der Waals surface area contributed by atoms with Crippen molar-refractivity contribution in [2.45, 2.75) is 44.2 Å². The molecule has 2 aliphatic heterocycles. The maximum absolute atomic E-state index is 12.9. The lowest BCUT2D eigenvalue weighted by Gasteiger charge is -2.29. The van der Waals surface area contributed by atoms with Crippen LogP contribution >= 0.6 is 23.2 Å². The van der Waals surface area contributed by atoms with Gasteiger partial charge in [-0.3, -0.25) is 24.8 Å². The molecule has 3 aliphatic rings. The van der Waals surface area contributed by atoms with Gasteiger partial charge in [-0.15, -0.1) is 0 Å². The van der Waals surface area contributed by atoms with Crippen LogP contribution < -0.4 is 5.48 Å². The second-order valence-electron chi connectivity index (χ2n) is 6.32. The van der Waals surface area contributed by atoms with Crippen LogP contribution in [0, 0.1) is 0 Å². The number of benzene rings is 1. The minimum Gasteiger partial charge on any atom is -0.273 e. The highest BCUT2D eigenvalue weighted by Crippen LogP contribution is 2.38. The molecule has 0 unspecified atom stereocenters. The van der Waals surface area contributed by atoms with Crippen LogP contribution in [-0.2, 0) is 14.4 Å². The average Bonchev–Trinajstić information content (AvgIpc) is 3.09. The molecule has 0 bridgehead atoms. The molecule has 1 aromatic rings. The fourth-order valence-corrected chi connectivity index (χ4v) is 4.19. The van der Waals surface area contributed by atoms with E-state index in [1.165, 1.54) is 4.90 Å². The molecule has 2 heterocycles. The molecule has 126 valence electrons. The quantitative estimate of drug-likeness (QED) is 0.815. The first-order valence-corrected chi connectivity index (χ1v) is 8.82. The number of carbonyl (C=O) groups is 2. The van der Waals surface area contributed by atoms with Crippen LogP contribution in [0.5, 0.6) is 0 Å². The number of hydrogen-bond acceptors (Lipinski definition) is 4. The topological polar surface area (TPSA) is 58.6 Å².